The number of hydrogen-bond acceptors (Lipinski definition) is 1. The fraction of sp³-hybridized carbons (Fsp3) is 0.818. The van der Waals surface area contributed by atoms with Gasteiger partial charge in [-0.3, -0.25) is 0 Å². The minimum absolute atomic E-state index is 0.134. The minimum Gasteiger partial charge on any atom is -0.327 e. The van der Waals surface area contributed by atoms with Crippen LogP contribution in [0.5, 0.6) is 0 Å². The first-order valence-electron chi connectivity index (χ1n) is 5.31. The molecular formula is C11H20FN. The maximum absolute atomic E-state index is 14.1. The maximum Gasteiger partial charge on any atom is 0.143 e. The van der Waals surface area contributed by atoms with Gasteiger partial charge in [0.05, 0.1) is 0 Å². The van der Waals surface area contributed by atoms with Gasteiger partial charge >= 0.3 is 0 Å². The van der Waals surface area contributed by atoms with Crippen LogP contribution in [0, 0.1) is 0 Å². The molecule has 1 unspecified atom stereocenters. The highest BCUT2D eigenvalue weighted by Crippen LogP contribution is 2.31. The zero-order valence-electron chi connectivity index (χ0n) is 8.48. The zero-order chi connectivity index (χ0) is 9.73. The van der Waals surface area contributed by atoms with Gasteiger partial charge in [-0.1, -0.05) is 19.4 Å². The normalized spacial score (nSPS) is 23.2. The van der Waals surface area contributed by atoms with E-state index in [4.69, 9.17) is 5.73 Å². The second-order valence-electron chi connectivity index (χ2n) is 3.85. The van der Waals surface area contributed by atoms with Gasteiger partial charge in [0.25, 0.3) is 0 Å². The molecule has 0 radical (unpaired) electrons. The van der Waals surface area contributed by atoms with Crippen molar-refractivity contribution in [1.29, 1.82) is 0 Å². The Balaban J connectivity index is 2.71. The third-order valence-electron chi connectivity index (χ3n) is 3.00. The molecule has 1 nitrogen and oxygen atoms in total. The molecule has 1 aliphatic carbocycles. The van der Waals surface area contributed by atoms with Gasteiger partial charge < -0.3 is 5.73 Å². The van der Waals surface area contributed by atoms with Crippen LogP contribution in [0.25, 0.3) is 0 Å². The molecular weight excluding hydrogens is 165 g/mol. The summed E-state index contributed by atoms with van der Waals surface area (Å²) in [6, 6.07) is 0. The Morgan fingerprint density at radius 3 is 2.85 bits per heavy atom. The summed E-state index contributed by atoms with van der Waals surface area (Å²) >= 11 is 0. The molecule has 13 heavy (non-hydrogen) atoms. The van der Waals surface area contributed by atoms with Crippen LogP contribution in [0.2, 0.25) is 0 Å². The van der Waals surface area contributed by atoms with E-state index >= 15 is 0 Å². The van der Waals surface area contributed by atoms with Gasteiger partial charge in [-0.2, -0.15) is 0 Å². The highest BCUT2D eigenvalue weighted by molar-refractivity contribution is 5.18. The molecule has 0 heterocycles. The van der Waals surface area contributed by atoms with Crippen LogP contribution in [-0.4, -0.2) is 12.2 Å². The Kier molecular flexibility index (Phi) is 3.91. The first kappa shape index (κ1) is 10.7. The van der Waals surface area contributed by atoms with Gasteiger partial charge in [-0.15, -0.1) is 0 Å². The van der Waals surface area contributed by atoms with Gasteiger partial charge in [0.15, 0.2) is 0 Å². The summed E-state index contributed by atoms with van der Waals surface area (Å²) in [6.07, 6.45) is 8.07. The summed E-state index contributed by atoms with van der Waals surface area (Å²) in [5, 5.41) is 0. The van der Waals surface area contributed by atoms with Crippen molar-refractivity contribution in [2.45, 2.75) is 51.1 Å². The van der Waals surface area contributed by atoms with Gasteiger partial charge in [0.1, 0.15) is 5.67 Å². The third kappa shape index (κ3) is 2.53. The Morgan fingerprint density at radius 2 is 2.23 bits per heavy atom. The van der Waals surface area contributed by atoms with E-state index in [2.05, 4.69) is 6.08 Å². The monoisotopic (exact) mass is 185 g/mol. The van der Waals surface area contributed by atoms with Crippen LogP contribution >= 0.6 is 0 Å². The molecule has 0 amide bonds. The average Bonchev–Trinajstić information content (AvgIpc) is 2.45. The van der Waals surface area contributed by atoms with Crippen molar-refractivity contribution in [2.75, 3.05) is 6.54 Å². The second-order valence-corrected chi connectivity index (χ2v) is 3.85. The molecule has 1 atom stereocenters. The molecule has 0 bridgehead atoms. The van der Waals surface area contributed by atoms with Crippen molar-refractivity contribution in [3.63, 3.8) is 0 Å². The third-order valence-corrected chi connectivity index (χ3v) is 3.00. The number of nitrogens with two attached hydrogens (primary N) is 1. The Hall–Kier alpha value is -0.370. The number of rotatable bonds is 3. The van der Waals surface area contributed by atoms with E-state index in [0.29, 0.717) is 6.42 Å². The van der Waals surface area contributed by atoms with E-state index in [1.165, 1.54) is 12.8 Å². The average molecular weight is 185 g/mol. The zero-order valence-corrected chi connectivity index (χ0v) is 8.48. The van der Waals surface area contributed by atoms with Crippen molar-refractivity contribution in [3.05, 3.63) is 11.6 Å². The van der Waals surface area contributed by atoms with Crippen LogP contribution in [0.3, 0.4) is 0 Å². The molecule has 0 aliphatic heterocycles. The van der Waals surface area contributed by atoms with Gasteiger partial charge in [0, 0.05) is 6.54 Å². The Bertz CT molecular complexity index is 183. The summed E-state index contributed by atoms with van der Waals surface area (Å²) in [4.78, 5) is 0. The lowest BCUT2D eigenvalue weighted by molar-refractivity contribution is 0.208. The van der Waals surface area contributed by atoms with E-state index in [-0.39, 0.29) is 6.54 Å². The smallest absolute Gasteiger partial charge is 0.143 e. The lowest BCUT2D eigenvalue weighted by atomic mass is 9.89. The molecule has 1 rings (SSSR count). The molecule has 0 aromatic heterocycles. The van der Waals surface area contributed by atoms with Crippen molar-refractivity contribution in [3.8, 4) is 0 Å². The van der Waals surface area contributed by atoms with Crippen LogP contribution in [-0.2, 0) is 0 Å². The van der Waals surface area contributed by atoms with Crippen molar-refractivity contribution in [1.82, 2.24) is 0 Å². The fourth-order valence-electron chi connectivity index (χ4n) is 1.92. The Labute approximate surface area is 80.2 Å². The number of hydrogen-bond donors (Lipinski definition) is 1. The van der Waals surface area contributed by atoms with E-state index in [1.807, 2.05) is 6.92 Å². The van der Waals surface area contributed by atoms with E-state index in [9.17, 15) is 4.39 Å². The first-order chi connectivity index (χ1) is 6.23. The fourth-order valence-corrected chi connectivity index (χ4v) is 1.92. The Morgan fingerprint density at radius 1 is 1.46 bits per heavy atom. The van der Waals surface area contributed by atoms with Crippen molar-refractivity contribution >= 4 is 0 Å². The quantitative estimate of drug-likeness (QED) is 0.672. The SMILES string of the molecule is CCC(F)(CN)C1=CCCCCC1. The predicted octanol–water partition coefficient (Wildman–Crippen LogP) is 2.95. The number of halogens is 1. The van der Waals surface area contributed by atoms with Crippen LogP contribution in [0.1, 0.15) is 45.4 Å². The number of allylic oxidation sites excluding steroid dienone is 1. The van der Waals surface area contributed by atoms with Crippen molar-refractivity contribution in [2.24, 2.45) is 5.73 Å². The molecule has 0 aromatic rings. The van der Waals surface area contributed by atoms with E-state index in [1.54, 1.807) is 0 Å². The highest BCUT2D eigenvalue weighted by Gasteiger charge is 2.30. The summed E-state index contributed by atoms with van der Waals surface area (Å²) in [6.45, 7) is 2.01. The molecule has 0 saturated carbocycles. The van der Waals surface area contributed by atoms with Gasteiger partial charge in [0.2, 0.25) is 0 Å². The lowest BCUT2D eigenvalue weighted by Gasteiger charge is -2.25. The lowest BCUT2D eigenvalue weighted by Crippen LogP contribution is -2.34. The molecule has 76 valence electrons. The molecule has 0 aromatic carbocycles. The van der Waals surface area contributed by atoms with Crippen molar-refractivity contribution < 1.29 is 4.39 Å². The largest absolute Gasteiger partial charge is 0.327 e. The van der Waals surface area contributed by atoms with Crippen LogP contribution in [0.4, 0.5) is 4.39 Å². The summed E-state index contributed by atoms with van der Waals surface area (Å²) in [5.41, 5.74) is 5.22. The van der Waals surface area contributed by atoms with Crippen LogP contribution < -0.4 is 5.73 Å². The van der Waals surface area contributed by atoms with E-state index in [0.717, 1.165) is 24.8 Å². The molecule has 0 spiro atoms. The standard InChI is InChI=1S/C11H20FN/c1-2-11(12,9-13)10-7-5-3-4-6-8-10/h7H,2-6,8-9,13H2,1H3. The summed E-state index contributed by atoms with van der Waals surface area (Å²) < 4.78 is 14.1. The minimum atomic E-state index is -1.22. The predicted molar refractivity (Wildman–Crippen MR) is 54.4 cm³/mol. The van der Waals surface area contributed by atoms with E-state index < -0.39 is 5.67 Å². The summed E-state index contributed by atoms with van der Waals surface area (Å²) in [5.74, 6) is 0. The number of alkyl halides is 1. The van der Waals surface area contributed by atoms with Gasteiger partial charge in [-0.05, 0) is 37.7 Å². The van der Waals surface area contributed by atoms with Gasteiger partial charge in [-0.25, -0.2) is 4.39 Å². The molecule has 0 fully saturated rings. The molecule has 1 aliphatic rings. The molecule has 2 heteroatoms. The second kappa shape index (κ2) is 4.75. The first-order valence-corrected chi connectivity index (χ1v) is 5.31. The molecule has 0 saturated heterocycles. The maximum atomic E-state index is 14.1. The topological polar surface area (TPSA) is 26.0 Å². The summed E-state index contributed by atoms with van der Waals surface area (Å²) in [7, 11) is 0. The van der Waals surface area contributed by atoms with Crippen LogP contribution in [0.15, 0.2) is 11.6 Å². The highest BCUT2D eigenvalue weighted by atomic mass is 19.1. The molecule has 2 N–H and O–H groups in total.